The largest absolute Gasteiger partial charge is 0.487 e. The molecule has 18 heavy (non-hydrogen) atoms. The highest BCUT2D eigenvalue weighted by atomic mass is 19.3. The van der Waals surface area contributed by atoms with E-state index in [-0.39, 0.29) is 5.75 Å². The van der Waals surface area contributed by atoms with Gasteiger partial charge in [0.1, 0.15) is 5.75 Å². The molecule has 1 rings (SSSR count). The highest BCUT2D eigenvalue weighted by molar-refractivity contribution is 5.32. The van der Waals surface area contributed by atoms with E-state index < -0.39 is 19.0 Å². The second-order valence-corrected chi connectivity index (χ2v) is 3.81. The third-order valence-corrected chi connectivity index (χ3v) is 2.19. The van der Waals surface area contributed by atoms with Crippen molar-refractivity contribution < 1.29 is 22.3 Å². The first-order chi connectivity index (χ1) is 8.36. The molecular weight excluding hydrogens is 252 g/mol. The molecule has 0 saturated heterocycles. The number of pyridine rings is 1. The van der Waals surface area contributed by atoms with Crippen LogP contribution in [0.3, 0.4) is 0 Å². The predicted octanol–water partition coefficient (Wildman–Crippen LogP) is 2.39. The summed E-state index contributed by atoms with van der Waals surface area (Å²) in [5.41, 5.74) is 1.10. The van der Waals surface area contributed by atoms with Crippen LogP contribution in [-0.2, 0) is 6.54 Å². The third kappa shape index (κ3) is 3.83. The summed E-state index contributed by atoms with van der Waals surface area (Å²) in [6, 6.07) is 1.44. The van der Waals surface area contributed by atoms with Crippen molar-refractivity contribution >= 4 is 0 Å². The lowest BCUT2D eigenvalue weighted by Gasteiger charge is -2.17. The van der Waals surface area contributed by atoms with E-state index in [9.17, 15) is 17.6 Å². The fourth-order valence-electron chi connectivity index (χ4n) is 1.26. The average molecular weight is 266 g/mol. The Morgan fingerprint density at radius 1 is 1.44 bits per heavy atom. The van der Waals surface area contributed by atoms with Gasteiger partial charge in [-0.05, 0) is 14.0 Å². The van der Waals surface area contributed by atoms with E-state index in [0.717, 1.165) is 0 Å². The summed E-state index contributed by atoms with van der Waals surface area (Å²) in [6.07, 6.45) is -2.28. The molecule has 1 aromatic heterocycles. The van der Waals surface area contributed by atoms with Gasteiger partial charge in [-0.25, -0.2) is 8.78 Å². The molecule has 0 atom stereocenters. The number of aryl methyl sites for hydroxylation is 1. The first-order valence-electron chi connectivity index (χ1n) is 5.25. The van der Waals surface area contributed by atoms with Gasteiger partial charge in [-0.3, -0.25) is 4.98 Å². The first kappa shape index (κ1) is 14.7. The van der Waals surface area contributed by atoms with Crippen LogP contribution in [0.15, 0.2) is 12.3 Å². The summed E-state index contributed by atoms with van der Waals surface area (Å²) in [7, 11) is 1.66. The van der Waals surface area contributed by atoms with Crippen LogP contribution in [0.1, 0.15) is 11.3 Å². The number of halogens is 4. The van der Waals surface area contributed by atoms with Crippen LogP contribution in [0.25, 0.3) is 0 Å². The smallest absolute Gasteiger partial charge is 0.340 e. The van der Waals surface area contributed by atoms with Gasteiger partial charge in [-0.15, -0.1) is 0 Å². The zero-order valence-electron chi connectivity index (χ0n) is 10.0. The minimum Gasteiger partial charge on any atom is -0.487 e. The quantitative estimate of drug-likeness (QED) is 0.803. The van der Waals surface area contributed by atoms with Crippen molar-refractivity contribution in [2.24, 2.45) is 0 Å². The molecule has 0 spiro atoms. The molecule has 0 radical (unpaired) electrons. The van der Waals surface area contributed by atoms with Gasteiger partial charge in [0, 0.05) is 30.1 Å². The molecule has 0 aliphatic carbocycles. The molecule has 0 aromatic carbocycles. The van der Waals surface area contributed by atoms with Crippen LogP contribution in [0.4, 0.5) is 17.6 Å². The zero-order valence-corrected chi connectivity index (χ0v) is 10.0. The third-order valence-electron chi connectivity index (χ3n) is 2.19. The van der Waals surface area contributed by atoms with Gasteiger partial charge in [0.2, 0.25) is 0 Å². The lowest BCUT2D eigenvalue weighted by Crippen LogP contribution is -2.34. The molecule has 0 saturated carbocycles. The maximum atomic E-state index is 12.7. The van der Waals surface area contributed by atoms with E-state index in [1.165, 1.54) is 12.3 Å². The Bertz CT molecular complexity index is 399. The van der Waals surface area contributed by atoms with Crippen molar-refractivity contribution in [3.63, 3.8) is 0 Å². The number of ether oxygens (including phenoxy) is 1. The molecule has 1 aromatic rings. The number of nitrogens with one attached hydrogen (secondary N) is 1. The van der Waals surface area contributed by atoms with Crippen LogP contribution in [0.2, 0.25) is 0 Å². The summed E-state index contributed by atoms with van der Waals surface area (Å²) in [5, 5.41) is 2.81. The van der Waals surface area contributed by atoms with E-state index in [4.69, 9.17) is 4.74 Å². The van der Waals surface area contributed by atoms with Crippen LogP contribution in [-0.4, -0.2) is 31.0 Å². The predicted molar refractivity (Wildman–Crippen MR) is 58.2 cm³/mol. The minimum absolute atomic E-state index is 0.136. The summed E-state index contributed by atoms with van der Waals surface area (Å²) < 4.78 is 54.3. The van der Waals surface area contributed by atoms with Gasteiger partial charge in [-0.2, -0.15) is 8.78 Å². The first-order valence-corrected chi connectivity index (χ1v) is 5.25. The second-order valence-electron chi connectivity index (χ2n) is 3.81. The Labute approximate surface area is 102 Å². The maximum Gasteiger partial charge on any atom is 0.340 e. The molecule has 0 amide bonds. The summed E-state index contributed by atoms with van der Waals surface area (Å²) in [4.78, 5) is 3.98. The van der Waals surface area contributed by atoms with Crippen LogP contribution in [0, 0.1) is 6.92 Å². The van der Waals surface area contributed by atoms with Gasteiger partial charge >= 0.3 is 12.3 Å². The van der Waals surface area contributed by atoms with E-state index >= 15 is 0 Å². The lowest BCUT2D eigenvalue weighted by molar-refractivity contribution is -0.148. The van der Waals surface area contributed by atoms with Crippen LogP contribution >= 0.6 is 0 Å². The van der Waals surface area contributed by atoms with Crippen molar-refractivity contribution in [2.75, 3.05) is 13.7 Å². The highest BCUT2D eigenvalue weighted by Gasteiger charge is 2.41. The summed E-state index contributed by atoms with van der Waals surface area (Å²) in [6.45, 7) is 0.648. The average Bonchev–Trinajstić information content (AvgIpc) is 2.29. The summed E-state index contributed by atoms with van der Waals surface area (Å²) in [5.74, 6) is -4.02. The van der Waals surface area contributed by atoms with Crippen molar-refractivity contribution in [3.05, 3.63) is 23.5 Å². The van der Waals surface area contributed by atoms with Crippen molar-refractivity contribution in [2.45, 2.75) is 25.8 Å². The Morgan fingerprint density at radius 2 is 2.11 bits per heavy atom. The van der Waals surface area contributed by atoms with Gasteiger partial charge in [0.05, 0.1) is 0 Å². The standard InChI is InChI=1S/C11H14F4N2O/c1-7-3-9(8(4-16-2)5-17-7)18-6-11(14,15)10(12)13/h3,5,10,16H,4,6H2,1-2H3. The lowest BCUT2D eigenvalue weighted by atomic mass is 10.2. The molecule has 1 N–H and O–H groups in total. The van der Waals surface area contributed by atoms with Crippen LogP contribution < -0.4 is 10.1 Å². The molecule has 102 valence electrons. The number of rotatable bonds is 6. The molecule has 0 bridgehead atoms. The van der Waals surface area contributed by atoms with Crippen molar-refractivity contribution in [1.29, 1.82) is 0 Å². The Hall–Kier alpha value is -1.37. The Balaban J connectivity index is 2.80. The van der Waals surface area contributed by atoms with E-state index in [1.54, 1.807) is 14.0 Å². The molecule has 3 nitrogen and oxygen atoms in total. The number of aromatic nitrogens is 1. The highest BCUT2D eigenvalue weighted by Crippen LogP contribution is 2.26. The van der Waals surface area contributed by atoms with Gasteiger partial charge < -0.3 is 10.1 Å². The molecular formula is C11H14F4N2O. The van der Waals surface area contributed by atoms with E-state index in [2.05, 4.69) is 10.3 Å². The normalized spacial score (nSPS) is 11.9. The maximum absolute atomic E-state index is 12.7. The fourth-order valence-corrected chi connectivity index (χ4v) is 1.26. The monoisotopic (exact) mass is 266 g/mol. The zero-order chi connectivity index (χ0) is 13.8. The molecule has 0 fully saturated rings. The minimum atomic E-state index is -4.16. The Kier molecular flexibility index (Phi) is 4.89. The van der Waals surface area contributed by atoms with E-state index in [0.29, 0.717) is 17.8 Å². The Morgan fingerprint density at radius 3 is 2.67 bits per heavy atom. The number of alkyl halides is 4. The number of hydrogen-bond donors (Lipinski definition) is 1. The topological polar surface area (TPSA) is 34.2 Å². The second kappa shape index (κ2) is 5.99. The number of hydrogen-bond acceptors (Lipinski definition) is 3. The fraction of sp³-hybridized carbons (Fsp3) is 0.545. The van der Waals surface area contributed by atoms with Gasteiger partial charge in [0.25, 0.3) is 0 Å². The molecule has 0 aliphatic rings. The van der Waals surface area contributed by atoms with Crippen LogP contribution in [0.5, 0.6) is 5.75 Å². The summed E-state index contributed by atoms with van der Waals surface area (Å²) >= 11 is 0. The molecule has 1 heterocycles. The molecule has 0 unspecified atom stereocenters. The number of nitrogens with zero attached hydrogens (tertiary/aromatic N) is 1. The molecule has 0 aliphatic heterocycles. The van der Waals surface area contributed by atoms with E-state index in [1.807, 2.05) is 0 Å². The van der Waals surface area contributed by atoms with Crippen molar-refractivity contribution in [1.82, 2.24) is 10.3 Å². The van der Waals surface area contributed by atoms with Gasteiger partial charge in [0.15, 0.2) is 6.61 Å². The van der Waals surface area contributed by atoms with Crippen molar-refractivity contribution in [3.8, 4) is 5.75 Å². The SMILES string of the molecule is CNCc1cnc(C)cc1OCC(F)(F)C(F)F. The van der Waals surface area contributed by atoms with Gasteiger partial charge in [-0.1, -0.05) is 0 Å². The molecule has 7 heteroatoms.